The maximum absolute atomic E-state index is 3.54. The highest BCUT2D eigenvalue weighted by molar-refractivity contribution is 6.16. The molecule has 86 valence electrons. The van der Waals surface area contributed by atoms with Gasteiger partial charge < -0.3 is 5.32 Å². The van der Waals surface area contributed by atoms with Crippen LogP contribution in [0.25, 0.3) is 0 Å². The molecule has 0 atom stereocenters. The van der Waals surface area contributed by atoms with Crippen LogP contribution in [-0.2, 0) is 0 Å². The second-order valence-corrected chi connectivity index (χ2v) is 8.32. The third-order valence-corrected chi connectivity index (χ3v) is 7.39. The van der Waals surface area contributed by atoms with Crippen LogP contribution in [0.2, 0.25) is 5.04 Å². The molecule has 0 fully saturated rings. The van der Waals surface area contributed by atoms with Gasteiger partial charge in [-0.15, -0.1) is 0 Å². The lowest BCUT2D eigenvalue weighted by atomic mass is 9.65. The van der Waals surface area contributed by atoms with Crippen LogP contribution >= 0.6 is 0 Å². The fourth-order valence-corrected chi connectivity index (χ4v) is 2.28. The standard InChI is InChI=1S/C12H29NSi/c1-8-13-9-12(14,10(2,3)4)11(5,6)7/h13H,8-9H2,1-7,14H3. The molecule has 0 rings (SSSR count). The van der Waals surface area contributed by atoms with Crippen molar-refractivity contribution in [2.75, 3.05) is 13.1 Å². The largest absolute Gasteiger partial charge is 0.317 e. The summed E-state index contributed by atoms with van der Waals surface area (Å²) in [5.74, 6) is 0. The van der Waals surface area contributed by atoms with Gasteiger partial charge in [-0.05, 0) is 29.0 Å². The zero-order valence-electron chi connectivity index (χ0n) is 11.4. The summed E-state index contributed by atoms with van der Waals surface area (Å²) in [7, 11) is 1.24. The van der Waals surface area contributed by atoms with Crippen LogP contribution in [0.3, 0.4) is 0 Å². The van der Waals surface area contributed by atoms with E-state index in [9.17, 15) is 0 Å². The number of hydrogen-bond acceptors (Lipinski definition) is 1. The van der Waals surface area contributed by atoms with Crippen LogP contribution in [0.1, 0.15) is 48.5 Å². The number of rotatable bonds is 3. The van der Waals surface area contributed by atoms with E-state index in [0.717, 1.165) is 13.1 Å². The lowest BCUT2D eigenvalue weighted by molar-refractivity contribution is 0.122. The van der Waals surface area contributed by atoms with Crippen molar-refractivity contribution in [1.29, 1.82) is 0 Å². The van der Waals surface area contributed by atoms with Crippen LogP contribution in [-0.4, -0.2) is 23.3 Å². The van der Waals surface area contributed by atoms with Gasteiger partial charge in [0.05, 0.1) is 0 Å². The van der Waals surface area contributed by atoms with Gasteiger partial charge in [-0.2, -0.15) is 0 Å². The molecule has 0 aliphatic heterocycles. The molecule has 0 saturated carbocycles. The first-order valence-corrected chi connectivity index (χ1v) is 6.77. The maximum atomic E-state index is 3.54. The van der Waals surface area contributed by atoms with Gasteiger partial charge in [0.1, 0.15) is 0 Å². The summed E-state index contributed by atoms with van der Waals surface area (Å²) >= 11 is 0. The minimum atomic E-state index is 0.389. The summed E-state index contributed by atoms with van der Waals surface area (Å²) in [6, 6.07) is 0. The minimum Gasteiger partial charge on any atom is -0.317 e. The zero-order chi connectivity index (χ0) is 11.6. The molecule has 0 aromatic rings. The first-order valence-electron chi connectivity index (χ1n) is 5.77. The SMILES string of the molecule is CCNCC([SiH3])(C(C)(C)C)C(C)(C)C. The van der Waals surface area contributed by atoms with Crippen LogP contribution in [0.5, 0.6) is 0 Å². The molecule has 0 aromatic heterocycles. The summed E-state index contributed by atoms with van der Waals surface area (Å²) in [5, 5.41) is 3.99. The fourth-order valence-electron chi connectivity index (χ4n) is 2.03. The van der Waals surface area contributed by atoms with Crippen molar-refractivity contribution in [3.8, 4) is 0 Å². The van der Waals surface area contributed by atoms with Gasteiger partial charge >= 0.3 is 0 Å². The van der Waals surface area contributed by atoms with E-state index >= 15 is 0 Å². The fraction of sp³-hybridized carbons (Fsp3) is 1.00. The van der Waals surface area contributed by atoms with E-state index in [1.807, 2.05) is 0 Å². The van der Waals surface area contributed by atoms with Crippen molar-refractivity contribution >= 4 is 10.2 Å². The van der Waals surface area contributed by atoms with Crippen molar-refractivity contribution in [1.82, 2.24) is 5.32 Å². The Hall–Kier alpha value is 0.177. The topological polar surface area (TPSA) is 12.0 Å². The molecule has 1 N–H and O–H groups in total. The summed E-state index contributed by atoms with van der Waals surface area (Å²) in [6.07, 6.45) is 0. The monoisotopic (exact) mass is 215 g/mol. The highest BCUT2D eigenvalue weighted by atomic mass is 28.1. The molecule has 2 heteroatoms. The zero-order valence-corrected chi connectivity index (χ0v) is 13.4. The molecular weight excluding hydrogens is 186 g/mol. The quantitative estimate of drug-likeness (QED) is 0.712. The molecule has 0 spiro atoms. The molecule has 14 heavy (non-hydrogen) atoms. The Balaban J connectivity index is 4.87. The van der Waals surface area contributed by atoms with E-state index < -0.39 is 0 Å². The van der Waals surface area contributed by atoms with Gasteiger partial charge in [0, 0.05) is 10.2 Å². The summed E-state index contributed by atoms with van der Waals surface area (Å²) in [6.45, 7) is 18.7. The molecule has 0 aliphatic rings. The third kappa shape index (κ3) is 2.83. The number of hydrogen-bond donors (Lipinski definition) is 1. The van der Waals surface area contributed by atoms with Gasteiger partial charge in [0.2, 0.25) is 0 Å². The van der Waals surface area contributed by atoms with Crippen molar-refractivity contribution in [3.05, 3.63) is 0 Å². The van der Waals surface area contributed by atoms with Crippen LogP contribution in [0, 0.1) is 10.8 Å². The van der Waals surface area contributed by atoms with E-state index in [-0.39, 0.29) is 0 Å². The van der Waals surface area contributed by atoms with E-state index in [0.29, 0.717) is 15.9 Å². The molecule has 0 amide bonds. The third-order valence-electron chi connectivity index (χ3n) is 4.04. The Labute approximate surface area is 93.5 Å². The molecular formula is C12H29NSi. The van der Waals surface area contributed by atoms with Crippen LogP contribution < -0.4 is 5.32 Å². The predicted octanol–water partition coefficient (Wildman–Crippen LogP) is 2.21. The molecule has 0 saturated heterocycles. The average Bonchev–Trinajstić information content (AvgIpc) is 1.95. The highest BCUT2D eigenvalue weighted by Crippen LogP contribution is 2.54. The molecule has 1 nitrogen and oxygen atoms in total. The van der Waals surface area contributed by atoms with Gasteiger partial charge in [-0.1, -0.05) is 48.5 Å². The van der Waals surface area contributed by atoms with Gasteiger partial charge in [0.15, 0.2) is 0 Å². The molecule has 0 unspecified atom stereocenters. The summed E-state index contributed by atoms with van der Waals surface area (Å²) < 4.78 is 0. The van der Waals surface area contributed by atoms with Crippen molar-refractivity contribution in [2.24, 2.45) is 10.8 Å². The molecule has 0 bridgehead atoms. The molecule has 0 radical (unpaired) electrons. The summed E-state index contributed by atoms with van der Waals surface area (Å²) in [5.41, 5.74) is 0.777. The second kappa shape index (κ2) is 4.36. The number of nitrogens with one attached hydrogen (secondary N) is 1. The summed E-state index contributed by atoms with van der Waals surface area (Å²) in [4.78, 5) is 0. The van der Waals surface area contributed by atoms with E-state index in [2.05, 4.69) is 53.8 Å². The average molecular weight is 215 g/mol. The maximum Gasteiger partial charge on any atom is 0.0136 e. The van der Waals surface area contributed by atoms with Crippen molar-refractivity contribution in [2.45, 2.75) is 53.5 Å². The Morgan fingerprint density at radius 1 is 0.929 bits per heavy atom. The second-order valence-electron chi connectivity index (χ2n) is 6.61. The first-order chi connectivity index (χ1) is 6.06. The Morgan fingerprint density at radius 3 is 1.50 bits per heavy atom. The minimum absolute atomic E-state index is 0.389. The lowest BCUT2D eigenvalue weighted by Crippen LogP contribution is -2.47. The smallest absolute Gasteiger partial charge is 0.0136 e. The Morgan fingerprint density at radius 2 is 1.29 bits per heavy atom. The lowest BCUT2D eigenvalue weighted by Gasteiger charge is -2.52. The molecule has 0 aromatic carbocycles. The Kier molecular flexibility index (Phi) is 4.41. The van der Waals surface area contributed by atoms with E-state index in [1.54, 1.807) is 0 Å². The van der Waals surface area contributed by atoms with Gasteiger partial charge in [-0.3, -0.25) is 0 Å². The van der Waals surface area contributed by atoms with Gasteiger partial charge in [-0.25, -0.2) is 0 Å². The predicted molar refractivity (Wildman–Crippen MR) is 70.1 cm³/mol. The van der Waals surface area contributed by atoms with Crippen molar-refractivity contribution < 1.29 is 0 Å². The first kappa shape index (κ1) is 14.2. The molecule has 0 aliphatic carbocycles. The molecule has 0 heterocycles. The van der Waals surface area contributed by atoms with Crippen LogP contribution in [0.15, 0.2) is 0 Å². The van der Waals surface area contributed by atoms with Crippen molar-refractivity contribution in [3.63, 3.8) is 0 Å². The Bertz CT molecular complexity index is 160. The van der Waals surface area contributed by atoms with Gasteiger partial charge in [0.25, 0.3) is 0 Å². The van der Waals surface area contributed by atoms with E-state index in [1.165, 1.54) is 10.2 Å². The van der Waals surface area contributed by atoms with E-state index in [4.69, 9.17) is 0 Å². The van der Waals surface area contributed by atoms with Crippen LogP contribution in [0.4, 0.5) is 0 Å². The normalized spacial score (nSPS) is 14.8. The highest BCUT2D eigenvalue weighted by Gasteiger charge is 2.45.